The first-order chi connectivity index (χ1) is 4.99. The number of hydrogen-bond donors (Lipinski definition) is 0. The van der Waals surface area contributed by atoms with Crippen LogP contribution in [0.2, 0.25) is 0 Å². The van der Waals surface area contributed by atoms with Gasteiger partial charge in [-0.1, -0.05) is 0 Å². The molecule has 0 aliphatic carbocycles. The molecule has 0 N–H and O–H groups in total. The lowest BCUT2D eigenvalue weighted by molar-refractivity contribution is 0.0543. The van der Waals surface area contributed by atoms with Gasteiger partial charge in [0.15, 0.2) is 0 Å². The minimum absolute atomic E-state index is 0.0580. The Morgan fingerprint density at radius 1 is 1.45 bits per heavy atom. The fraction of sp³-hybridized carbons (Fsp3) is 0.778. The van der Waals surface area contributed by atoms with Gasteiger partial charge in [0.25, 0.3) is 0 Å². The molecule has 11 heavy (non-hydrogen) atoms. The average molecular weight is 174 g/mol. The maximum absolute atomic E-state index is 5.67. The van der Waals surface area contributed by atoms with Crippen molar-refractivity contribution in [2.24, 2.45) is 0 Å². The summed E-state index contributed by atoms with van der Waals surface area (Å²) < 4.78 is 5.67. The molecule has 0 rings (SSSR count). The second-order valence-corrected chi connectivity index (χ2v) is 4.27. The third-order valence-corrected chi connectivity index (χ3v) is 1.62. The maximum Gasteiger partial charge on any atom is 0.102 e. The first kappa shape index (κ1) is 10.9. The normalized spacial score (nSPS) is 13.4. The minimum Gasteiger partial charge on any atom is -0.492 e. The van der Waals surface area contributed by atoms with Crippen molar-refractivity contribution in [1.29, 1.82) is 0 Å². The summed E-state index contributed by atoms with van der Waals surface area (Å²) in [6, 6.07) is 0. The van der Waals surface area contributed by atoms with E-state index in [0.29, 0.717) is 0 Å². The largest absolute Gasteiger partial charge is 0.492 e. The Morgan fingerprint density at radius 2 is 2.00 bits per heavy atom. The summed E-state index contributed by atoms with van der Waals surface area (Å²) in [6.07, 6.45) is 4.11. The molecule has 0 unspecified atom stereocenters. The van der Waals surface area contributed by atoms with Crippen molar-refractivity contribution in [2.75, 3.05) is 12.0 Å². The molecule has 0 bridgehead atoms. The van der Waals surface area contributed by atoms with E-state index in [2.05, 4.69) is 27.0 Å². The zero-order valence-corrected chi connectivity index (χ0v) is 8.92. The van der Waals surface area contributed by atoms with Gasteiger partial charge in [-0.3, -0.25) is 0 Å². The van der Waals surface area contributed by atoms with Gasteiger partial charge in [-0.25, -0.2) is 0 Å². The smallest absolute Gasteiger partial charge is 0.102 e. The molecule has 0 saturated heterocycles. The Balaban J connectivity index is 3.90. The lowest BCUT2D eigenvalue weighted by Gasteiger charge is -2.22. The van der Waals surface area contributed by atoms with Gasteiger partial charge in [0.2, 0.25) is 0 Å². The monoisotopic (exact) mass is 174 g/mol. The zero-order valence-electron chi connectivity index (χ0n) is 8.10. The highest BCUT2D eigenvalue weighted by Gasteiger charge is 2.12. The summed E-state index contributed by atoms with van der Waals surface area (Å²) in [5.41, 5.74) is -0.0580. The van der Waals surface area contributed by atoms with Crippen molar-refractivity contribution in [3.8, 4) is 0 Å². The molecule has 0 aromatic carbocycles. The van der Waals surface area contributed by atoms with Crippen molar-refractivity contribution in [3.63, 3.8) is 0 Å². The third-order valence-electron chi connectivity index (χ3n) is 1.05. The Morgan fingerprint density at radius 3 is 2.27 bits per heavy atom. The van der Waals surface area contributed by atoms with Crippen LogP contribution in [-0.2, 0) is 4.74 Å². The molecule has 0 radical (unpaired) electrons. The minimum atomic E-state index is -0.0580. The SMILES string of the molecule is C/C=C(/CSC)OC(C)(C)C. The first-order valence-corrected chi connectivity index (χ1v) is 5.22. The molecule has 0 aromatic rings. The van der Waals surface area contributed by atoms with Crippen molar-refractivity contribution >= 4 is 11.8 Å². The van der Waals surface area contributed by atoms with E-state index in [-0.39, 0.29) is 5.60 Å². The van der Waals surface area contributed by atoms with Crippen LogP contribution < -0.4 is 0 Å². The van der Waals surface area contributed by atoms with Crippen molar-refractivity contribution < 1.29 is 4.74 Å². The number of ether oxygens (including phenoxy) is 1. The molecule has 0 amide bonds. The Labute approximate surface area is 74.2 Å². The number of rotatable bonds is 3. The molecule has 1 nitrogen and oxygen atoms in total. The lowest BCUT2D eigenvalue weighted by atomic mass is 10.2. The quantitative estimate of drug-likeness (QED) is 0.608. The molecular weight excluding hydrogens is 156 g/mol. The Kier molecular flexibility index (Phi) is 4.66. The molecule has 0 heterocycles. The topological polar surface area (TPSA) is 9.23 Å². The summed E-state index contributed by atoms with van der Waals surface area (Å²) in [5, 5.41) is 0. The molecule has 0 saturated carbocycles. The predicted molar refractivity (Wildman–Crippen MR) is 53.0 cm³/mol. The second-order valence-electron chi connectivity index (χ2n) is 3.40. The molecule has 2 heteroatoms. The molecule has 66 valence electrons. The Bertz CT molecular complexity index is 133. The van der Waals surface area contributed by atoms with Crippen molar-refractivity contribution in [1.82, 2.24) is 0 Å². The van der Waals surface area contributed by atoms with Crippen LogP contribution in [-0.4, -0.2) is 17.6 Å². The zero-order chi connectivity index (χ0) is 8.91. The summed E-state index contributed by atoms with van der Waals surface area (Å²) >= 11 is 1.78. The molecular formula is C9H18OS. The summed E-state index contributed by atoms with van der Waals surface area (Å²) in [6.45, 7) is 8.21. The molecule has 0 spiro atoms. The van der Waals surface area contributed by atoms with Crippen LogP contribution in [0.3, 0.4) is 0 Å². The van der Waals surface area contributed by atoms with Crippen LogP contribution in [0.1, 0.15) is 27.7 Å². The van der Waals surface area contributed by atoms with E-state index in [1.165, 1.54) is 0 Å². The van der Waals surface area contributed by atoms with Gasteiger partial charge in [-0.15, -0.1) is 0 Å². The van der Waals surface area contributed by atoms with Gasteiger partial charge in [0.05, 0.1) is 5.75 Å². The summed E-state index contributed by atoms with van der Waals surface area (Å²) in [7, 11) is 0. The van der Waals surface area contributed by atoms with Crippen LogP contribution in [0, 0.1) is 0 Å². The molecule has 0 atom stereocenters. The van der Waals surface area contributed by atoms with Crippen LogP contribution in [0.5, 0.6) is 0 Å². The second kappa shape index (κ2) is 4.70. The standard InChI is InChI=1S/C9H18OS/c1-6-8(7-11-5)10-9(2,3)4/h6H,7H2,1-5H3/b8-6-. The van der Waals surface area contributed by atoms with Crippen molar-refractivity contribution in [3.05, 3.63) is 11.8 Å². The van der Waals surface area contributed by atoms with E-state index in [1.807, 2.05) is 13.0 Å². The molecule has 0 aliphatic rings. The van der Waals surface area contributed by atoms with Crippen LogP contribution in [0.15, 0.2) is 11.8 Å². The summed E-state index contributed by atoms with van der Waals surface area (Å²) in [5.74, 6) is 2.04. The van der Waals surface area contributed by atoms with E-state index in [4.69, 9.17) is 4.74 Å². The van der Waals surface area contributed by atoms with E-state index >= 15 is 0 Å². The van der Waals surface area contributed by atoms with E-state index in [0.717, 1.165) is 11.5 Å². The molecule has 0 fully saturated rings. The fourth-order valence-electron chi connectivity index (χ4n) is 0.707. The van der Waals surface area contributed by atoms with Crippen LogP contribution in [0.25, 0.3) is 0 Å². The van der Waals surface area contributed by atoms with Gasteiger partial charge < -0.3 is 4.74 Å². The van der Waals surface area contributed by atoms with Gasteiger partial charge in [-0.05, 0) is 40.0 Å². The van der Waals surface area contributed by atoms with Crippen LogP contribution in [0.4, 0.5) is 0 Å². The van der Waals surface area contributed by atoms with E-state index in [9.17, 15) is 0 Å². The number of thioether (sulfide) groups is 1. The predicted octanol–water partition coefficient (Wildman–Crippen LogP) is 3.07. The first-order valence-electron chi connectivity index (χ1n) is 3.82. The lowest BCUT2D eigenvalue weighted by Crippen LogP contribution is -2.19. The average Bonchev–Trinajstić information content (AvgIpc) is 1.84. The van der Waals surface area contributed by atoms with Gasteiger partial charge in [-0.2, -0.15) is 11.8 Å². The fourth-order valence-corrected chi connectivity index (χ4v) is 1.22. The van der Waals surface area contributed by atoms with Gasteiger partial charge in [0, 0.05) is 0 Å². The third kappa shape index (κ3) is 6.29. The summed E-state index contributed by atoms with van der Waals surface area (Å²) in [4.78, 5) is 0. The molecule has 0 aromatic heterocycles. The highest BCUT2D eigenvalue weighted by molar-refractivity contribution is 7.98. The number of allylic oxidation sites excluding steroid dienone is 1. The van der Waals surface area contributed by atoms with Crippen LogP contribution >= 0.6 is 11.8 Å². The Hall–Kier alpha value is -0.110. The van der Waals surface area contributed by atoms with E-state index in [1.54, 1.807) is 11.8 Å². The highest BCUT2D eigenvalue weighted by atomic mass is 32.2. The van der Waals surface area contributed by atoms with E-state index < -0.39 is 0 Å². The van der Waals surface area contributed by atoms with Crippen molar-refractivity contribution in [2.45, 2.75) is 33.3 Å². The van der Waals surface area contributed by atoms with Gasteiger partial charge in [0.1, 0.15) is 11.4 Å². The van der Waals surface area contributed by atoms with Gasteiger partial charge >= 0.3 is 0 Å². The highest BCUT2D eigenvalue weighted by Crippen LogP contribution is 2.15. The maximum atomic E-state index is 5.67. The number of hydrogen-bond acceptors (Lipinski definition) is 2. The molecule has 0 aliphatic heterocycles.